The smallest absolute Gasteiger partial charge is 0.145 e. The molecular weight excluding hydrogens is 238 g/mol. The Morgan fingerprint density at radius 3 is 3.00 bits per heavy atom. The Labute approximate surface area is 114 Å². The summed E-state index contributed by atoms with van der Waals surface area (Å²) in [5.41, 5.74) is 2.97. The molecule has 4 atom stereocenters. The number of hydrogen-bond acceptors (Lipinski definition) is 4. The summed E-state index contributed by atoms with van der Waals surface area (Å²) in [6.45, 7) is 3.08. The highest BCUT2D eigenvalue weighted by Gasteiger charge is 2.40. The Hall–Kier alpha value is -0.940. The van der Waals surface area contributed by atoms with E-state index in [1.54, 1.807) is 6.33 Å². The summed E-state index contributed by atoms with van der Waals surface area (Å²) < 4.78 is 2.00. The fraction of sp³-hybridized carbons (Fsp3) is 0.857. The first-order valence-electron chi connectivity index (χ1n) is 7.65. The van der Waals surface area contributed by atoms with E-state index in [-0.39, 0.29) is 6.04 Å². The molecule has 2 fully saturated rings. The van der Waals surface area contributed by atoms with Gasteiger partial charge < -0.3 is 0 Å². The number of aryl methyl sites for hydroxylation is 1. The molecule has 2 saturated carbocycles. The Kier molecular flexibility index (Phi) is 3.84. The molecule has 5 heteroatoms. The van der Waals surface area contributed by atoms with E-state index < -0.39 is 0 Å². The lowest BCUT2D eigenvalue weighted by Gasteiger charge is -2.26. The monoisotopic (exact) mass is 263 g/mol. The fourth-order valence-corrected chi connectivity index (χ4v) is 4.14. The summed E-state index contributed by atoms with van der Waals surface area (Å²) in [6, 6.07) is 0.151. The van der Waals surface area contributed by atoms with Gasteiger partial charge in [-0.25, -0.2) is 15.1 Å². The van der Waals surface area contributed by atoms with Crippen molar-refractivity contribution in [3.05, 3.63) is 12.2 Å². The first-order chi connectivity index (χ1) is 9.31. The molecular formula is C14H25N5. The molecule has 1 aromatic heterocycles. The van der Waals surface area contributed by atoms with Crippen molar-refractivity contribution in [2.75, 3.05) is 0 Å². The van der Waals surface area contributed by atoms with Crippen LogP contribution >= 0.6 is 0 Å². The van der Waals surface area contributed by atoms with E-state index in [1.807, 2.05) is 4.68 Å². The minimum Gasteiger partial charge on any atom is -0.271 e. The summed E-state index contributed by atoms with van der Waals surface area (Å²) in [4.78, 5) is 4.42. The Bertz CT molecular complexity index is 416. The van der Waals surface area contributed by atoms with Crippen molar-refractivity contribution in [1.29, 1.82) is 0 Å². The molecule has 0 saturated heterocycles. The zero-order valence-electron chi connectivity index (χ0n) is 11.8. The summed E-state index contributed by atoms with van der Waals surface area (Å²) in [5.74, 6) is 9.53. The van der Waals surface area contributed by atoms with Crippen molar-refractivity contribution >= 4 is 0 Å². The Morgan fingerprint density at radius 2 is 2.37 bits per heavy atom. The lowest BCUT2D eigenvalue weighted by atomic mass is 9.84. The van der Waals surface area contributed by atoms with Crippen LogP contribution in [-0.4, -0.2) is 14.8 Å². The number of nitrogens with two attached hydrogens (primary N) is 1. The quantitative estimate of drug-likeness (QED) is 0.608. The van der Waals surface area contributed by atoms with Gasteiger partial charge in [-0.15, -0.1) is 0 Å². The average molecular weight is 263 g/mol. The van der Waals surface area contributed by atoms with Crippen LogP contribution in [0.4, 0.5) is 0 Å². The molecule has 3 N–H and O–H groups in total. The van der Waals surface area contributed by atoms with Crippen LogP contribution in [0.15, 0.2) is 6.33 Å². The van der Waals surface area contributed by atoms with Gasteiger partial charge in [0.15, 0.2) is 0 Å². The third-order valence-electron chi connectivity index (χ3n) is 5.02. The molecule has 0 radical (unpaired) electrons. The van der Waals surface area contributed by atoms with Crippen molar-refractivity contribution in [1.82, 2.24) is 20.2 Å². The fourth-order valence-electron chi connectivity index (χ4n) is 4.14. The number of aromatic nitrogens is 3. The van der Waals surface area contributed by atoms with Crippen molar-refractivity contribution in [3.8, 4) is 0 Å². The van der Waals surface area contributed by atoms with Gasteiger partial charge in [-0.2, -0.15) is 5.10 Å². The highest BCUT2D eigenvalue weighted by Crippen LogP contribution is 2.50. The predicted octanol–water partition coefficient (Wildman–Crippen LogP) is 2.02. The Morgan fingerprint density at radius 1 is 1.47 bits per heavy atom. The van der Waals surface area contributed by atoms with Gasteiger partial charge in [0.05, 0.1) is 6.04 Å². The maximum absolute atomic E-state index is 5.77. The van der Waals surface area contributed by atoms with Crippen LogP contribution in [0, 0.1) is 17.8 Å². The number of hydrazine groups is 1. The van der Waals surface area contributed by atoms with Crippen molar-refractivity contribution in [3.63, 3.8) is 0 Å². The molecule has 106 valence electrons. The third kappa shape index (κ3) is 2.54. The minimum atomic E-state index is 0.151. The zero-order chi connectivity index (χ0) is 13.2. The van der Waals surface area contributed by atoms with Gasteiger partial charge in [0.1, 0.15) is 12.2 Å². The molecule has 0 amide bonds. The van der Waals surface area contributed by atoms with Crippen LogP contribution in [0.25, 0.3) is 0 Å². The van der Waals surface area contributed by atoms with E-state index in [2.05, 4.69) is 22.4 Å². The maximum Gasteiger partial charge on any atom is 0.145 e. The zero-order valence-corrected chi connectivity index (χ0v) is 11.8. The second kappa shape index (κ2) is 5.59. The summed E-state index contributed by atoms with van der Waals surface area (Å²) in [6.07, 6.45) is 9.55. The molecule has 2 aliphatic rings. The average Bonchev–Trinajstić information content (AvgIpc) is 3.12. The number of fused-ring (bicyclic) bond motifs is 2. The second-order valence-corrected chi connectivity index (χ2v) is 6.23. The molecule has 0 aliphatic heterocycles. The topological polar surface area (TPSA) is 68.8 Å². The van der Waals surface area contributed by atoms with Gasteiger partial charge in [0.25, 0.3) is 0 Å². The maximum atomic E-state index is 5.77. The molecule has 19 heavy (non-hydrogen) atoms. The van der Waals surface area contributed by atoms with E-state index in [0.29, 0.717) is 0 Å². The second-order valence-electron chi connectivity index (χ2n) is 6.23. The van der Waals surface area contributed by atoms with E-state index in [4.69, 9.17) is 5.84 Å². The van der Waals surface area contributed by atoms with Crippen molar-refractivity contribution in [2.45, 2.75) is 58.0 Å². The number of nitrogens with one attached hydrogen (secondary N) is 1. The first kappa shape index (κ1) is 13.1. The number of hydrogen-bond donors (Lipinski definition) is 2. The third-order valence-corrected chi connectivity index (χ3v) is 5.02. The summed E-state index contributed by atoms with van der Waals surface area (Å²) in [5, 5.41) is 4.31. The largest absolute Gasteiger partial charge is 0.271 e. The molecule has 3 rings (SSSR count). The van der Waals surface area contributed by atoms with Crippen LogP contribution in [-0.2, 0) is 6.54 Å². The molecule has 1 heterocycles. The first-order valence-corrected chi connectivity index (χ1v) is 7.65. The molecule has 0 aromatic carbocycles. The van der Waals surface area contributed by atoms with Gasteiger partial charge in [-0.05, 0) is 49.9 Å². The minimum absolute atomic E-state index is 0.151. The van der Waals surface area contributed by atoms with Crippen LogP contribution in [0.5, 0.6) is 0 Å². The Balaban J connectivity index is 1.68. The predicted molar refractivity (Wildman–Crippen MR) is 73.9 cm³/mol. The van der Waals surface area contributed by atoms with Crippen molar-refractivity contribution in [2.24, 2.45) is 23.6 Å². The van der Waals surface area contributed by atoms with Crippen molar-refractivity contribution < 1.29 is 0 Å². The van der Waals surface area contributed by atoms with E-state index >= 15 is 0 Å². The molecule has 2 aliphatic carbocycles. The van der Waals surface area contributed by atoms with Gasteiger partial charge in [-0.1, -0.05) is 13.3 Å². The summed E-state index contributed by atoms with van der Waals surface area (Å²) in [7, 11) is 0. The molecule has 0 spiro atoms. The number of rotatable bonds is 6. The molecule has 4 unspecified atom stereocenters. The molecule has 2 bridgehead atoms. The van der Waals surface area contributed by atoms with E-state index in [0.717, 1.165) is 43.0 Å². The lowest BCUT2D eigenvalue weighted by molar-refractivity contribution is 0.271. The highest BCUT2D eigenvalue weighted by molar-refractivity contribution is 4.98. The van der Waals surface area contributed by atoms with Gasteiger partial charge in [0, 0.05) is 6.54 Å². The SMILES string of the molecule is CCCn1ncnc1C(CC1CC2CCC1C2)NN. The number of nitrogens with zero attached hydrogens (tertiary/aromatic N) is 3. The lowest BCUT2D eigenvalue weighted by Crippen LogP contribution is -2.33. The van der Waals surface area contributed by atoms with E-state index in [1.165, 1.54) is 25.7 Å². The highest BCUT2D eigenvalue weighted by atomic mass is 15.4. The van der Waals surface area contributed by atoms with Gasteiger partial charge in [-0.3, -0.25) is 5.84 Å². The standard InChI is InChI=1S/C14H25N5/c1-2-5-19-14(16-9-17-19)13(18-15)8-12-7-10-3-4-11(12)6-10/h9-13,18H,2-8,15H2,1H3. The molecule has 5 nitrogen and oxygen atoms in total. The van der Waals surface area contributed by atoms with E-state index in [9.17, 15) is 0 Å². The van der Waals surface area contributed by atoms with Gasteiger partial charge >= 0.3 is 0 Å². The normalized spacial score (nSPS) is 30.9. The molecule has 1 aromatic rings. The summed E-state index contributed by atoms with van der Waals surface area (Å²) >= 11 is 0. The van der Waals surface area contributed by atoms with Crippen LogP contribution in [0.3, 0.4) is 0 Å². The van der Waals surface area contributed by atoms with Crippen LogP contribution in [0.2, 0.25) is 0 Å². The van der Waals surface area contributed by atoms with Gasteiger partial charge in [0.2, 0.25) is 0 Å². The van der Waals surface area contributed by atoms with Crippen LogP contribution in [0.1, 0.15) is 57.3 Å². The van der Waals surface area contributed by atoms with Crippen LogP contribution < -0.4 is 11.3 Å².